The molecule has 120 valence electrons. The number of hydrogen-bond acceptors (Lipinski definition) is 3. The first-order chi connectivity index (χ1) is 9.88. The summed E-state index contributed by atoms with van der Waals surface area (Å²) in [7, 11) is 1.73. The zero-order valence-electron chi connectivity index (χ0n) is 13.5. The Labute approximate surface area is 127 Å². The van der Waals surface area contributed by atoms with E-state index in [1.807, 2.05) is 13.8 Å². The Morgan fingerprint density at radius 3 is 2.33 bits per heavy atom. The van der Waals surface area contributed by atoms with E-state index in [9.17, 15) is 9.59 Å². The predicted molar refractivity (Wildman–Crippen MR) is 82.4 cm³/mol. The van der Waals surface area contributed by atoms with Gasteiger partial charge in [-0.25, -0.2) is 0 Å². The molecule has 21 heavy (non-hydrogen) atoms. The maximum Gasteiger partial charge on any atom is 0.239 e. The van der Waals surface area contributed by atoms with Gasteiger partial charge in [-0.05, 0) is 51.4 Å². The number of nitrogens with two attached hydrogens (primary N) is 1. The first-order valence-corrected chi connectivity index (χ1v) is 8.18. The number of nitrogens with one attached hydrogen (secondary N) is 1. The van der Waals surface area contributed by atoms with Gasteiger partial charge in [-0.2, -0.15) is 0 Å². The maximum atomic E-state index is 12.6. The van der Waals surface area contributed by atoms with E-state index in [0.717, 1.165) is 25.7 Å². The molecule has 2 rings (SSSR count). The standard InChI is InChI=1S/C16H29N3O2/c1-10(2)18-14(20)9-19(3)16(21)13-7-11-5-4-6-12(8-13)15(11)17/h10-13,15H,4-9,17H2,1-3H3,(H,18,20). The van der Waals surface area contributed by atoms with Crippen LogP contribution in [-0.2, 0) is 9.59 Å². The zero-order valence-corrected chi connectivity index (χ0v) is 13.5. The normalized spacial score (nSPS) is 31.9. The number of likely N-dealkylation sites (N-methyl/N-ethyl adjacent to an activating group) is 1. The molecule has 0 heterocycles. The van der Waals surface area contributed by atoms with E-state index in [0.29, 0.717) is 11.8 Å². The van der Waals surface area contributed by atoms with Gasteiger partial charge in [0.25, 0.3) is 0 Å². The lowest BCUT2D eigenvalue weighted by molar-refractivity contribution is -0.140. The summed E-state index contributed by atoms with van der Waals surface area (Å²) >= 11 is 0. The summed E-state index contributed by atoms with van der Waals surface area (Å²) in [4.78, 5) is 25.9. The highest BCUT2D eigenvalue weighted by atomic mass is 16.2. The number of carbonyl (C=O) groups excluding carboxylic acids is 2. The third-order valence-corrected chi connectivity index (χ3v) is 4.97. The highest BCUT2D eigenvalue weighted by Gasteiger charge is 2.41. The molecular weight excluding hydrogens is 266 g/mol. The van der Waals surface area contributed by atoms with Gasteiger partial charge in [-0.1, -0.05) is 6.42 Å². The van der Waals surface area contributed by atoms with Gasteiger partial charge in [-0.3, -0.25) is 9.59 Å². The molecule has 2 amide bonds. The van der Waals surface area contributed by atoms with Crippen molar-refractivity contribution in [2.75, 3.05) is 13.6 Å². The Hall–Kier alpha value is -1.10. The van der Waals surface area contributed by atoms with Gasteiger partial charge >= 0.3 is 0 Å². The van der Waals surface area contributed by atoms with E-state index in [1.54, 1.807) is 11.9 Å². The fourth-order valence-corrected chi connectivity index (χ4v) is 3.96. The molecule has 2 bridgehead atoms. The molecule has 2 unspecified atom stereocenters. The topological polar surface area (TPSA) is 75.4 Å². The molecule has 5 nitrogen and oxygen atoms in total. The third kappa shape index (κ3) is 3.96. The van der Waals surface area contributed by atoms with Gasteiger partial charge in [0.1, 0.15) is 0 Å². The molecule has 2 fully saturated rings. The van der Waals surface area contributed by atoms with E-state index < -0.39 is 0 Å². The van der Waals surface area contributed by atoms with Crippen molar-refractivity contribution >= 4 is 11.8 Å². The van der Waals surface area contributed by atoms with Crippen molar-refractivity contribution in [1.82, 2.24) is 10.2 Å². The summed E-state index contributed by atoms with van der Waals surface area (Å²) in [5.74, 6) is 1.05. The molecule has 0 aromatic heterocycles. The Balaban J connectivity index is 1.89. The van der Waals surface area contributed by atoms with Crippen molar-refractivity contribution in [2.24, 2.45) is 23.5 Å². The molecule has 2 saturated carbocycles. The molecule has 2 atom stereocenters. The van der Waals surface area contributed by atoms with E-state index in [1.165, 1.54) is 6.42 Å². The van der Waals surface area contributed by atoms with Crippen LogP contribution in [0.5, 0.6) is 0 Å². The first kappa shape index (κ1) is 16.3. The van der Waals surface area contributed by atoms with Crippen LogP contribution < -0.4 is 11.1 Å². The highest BCUT2D eigenvalue weighted by molar-refractivity contribution is 5.85. The van der Waals surface area contributed by atoms with Gasteiger partial charge in [0, 0.05) is 25.0 Å². The van der Waals surface area contributed by atoms with Gasteiger partial charge in [0.15, 0.2) is 0 Å². The molecule has 0 aromatic rings. The quantitative estimate of drug-likeness (QED) is 0.816. The van der Waals surface area contributed by atoms with E-state index >= 15 is 0 Å². The largest absolute Gasteiger partial charge is 0.352 e. The molecule has 0 radical (unpaired) electrons. The van der Waals surface area contributed by atoms with E-state index in [4.69, 9.17) is 5.73 Å². The van der Waals surface area contributed by atoms with E-state index in [2.05, 4.69) is 5.32 Å². The second kappa shape index (κ2) is 6.77. The van der Waals surface area contributed by atoms with Crippen LogP contribution in [0, 0.1) is 17.8 Å². The molecule has 0 saturated heterocycles. The Kier molecular flexibility index (Phi) is 5.25. The molecule has 2 aliphatic carbocycles. The van der Waals surface area contributed by atoms with Crippen LogP contribution in [0.15, 0.2) is 0 Å². The summed E-state index contributed by atoms with van der Waals surface area (Å²) in [6.07, 6.45) is 5.34. The maximum absolute atomic E-state index is 12.6. The Morgan fingerprint density at radius 2 is 1.81 bits per heavy atom. The van der Waals surface area contributed by atoms with Crippen molar-refractivity contribution in [3.05, 3.63) is 0 Å². The van der Waals surface area contributed by atoms with Crippen LogP contribution in [0.1, 0.15) is 46.0 Å². The lowest BCUT2D eigenvalue weighted by atomic mass is 9.65. The van der Waals surface area contributed by atoms with Crippen LogP contribution in [0.2, 0.25) is 0 Å². The summed E-state index contributed by atoms with van der Waals surface area (Å²) < 4.78 is 0. The average Bonchev–Trinajstić information content (AvgIpc) is 2.36. The molecule has 0 aromatic carbocycles. The SMILES string of the molecule is CC(C)NC(=O)CN(C)C(=O)C1CC2CCCC(C1)C2N. The smallest absolute Gasteiger partial charge is 0.239 e. The molecule has 5 heteroatoms. The summed E-state index contributed by atoms with van der Waals surface area (Å²) in [5.41, 5.74) is 6.27. The lowest BCUT2D eigenvalue weighted by Gasteiger charge is -2.44. The number of fused-ring (bicyclic) bond motifs is 2. The van der Waals surface area contributed by atoms with Crippen molar-refractivity contribution < 1.29 is 9.59 Å². The highest BCUT2D eigenvalue weighted by Crippen LogP contribution is 2.42. The minimum Gasteiger partial charge on any atom is -0.352 e. The molecule has 2 aliphatic rings. The molecular formula is C16H29N3O2. The fourth-order valence-electron chi connectivity index (χ4n) is 3.96. The van der Waals surface area contributed by atoms with Gasteiger partial charge in [0.05, 0.1) is 6.54 Å². The summed E-state index contributed by atoms with van der Waals surface area (Å²) in [6.45, 7) is 3.99. The average molecular weight is 295 g/mol. The predicted octanol–water partition coefficient (Wildman–Crippen LogP) is 1.12. The van der Waals surface area contributed by atoms with Crippen molar-refractivity contribution in [1.29, 1.82) is 0 Å². The van der Waals surface area contributed by atoms with Crippen molar-refractivity contribution in [3.63, 3.8) is 0 Å². The Bertz CT molecular complexity index is 383. The van der Waals surface area contributed by atoms with Crippen LogP contribution in [0.4, 0.5) is 0 Å². The summed E-state index contributed by atoms with van der Waals surface area (Å²) in [5, 5.41) is 2.83. The van der Waals surface area contributed by atoms with Crippen molar-refractivity contribution in [2.45, 2.75) is 58.0 Å². The number of amides is 2. The van der Waals surface area contributed by atoms with Crippen molar-refractivity contribution in [3.8, 4) is 0 Å². The zero-order chi connectivity index (χ0) is 15.6. The fraction of sp³-hybridized carbons (Fsp3) is 0.875. The third-order valence-electron chi connectivity index (χ3n) is 4.97. The van der Waals surface area contributed by atoms with Gasteiger partial charge < -0.3 is 16.0 Å². The summed E-state index contributed by atoms with van der Waals surface area (Å²) in [6, 6.07) is 0.380. The van der Waals surface area contributed by atoms with Crippen LogP contribution in [-0.4, -0.2) is 42.4 Å². The van der Waals surface area contributed by atoms with Crippen LogP contribution in [0.25, 0.3) is 0 Å². The molecule has 0 aliphatic heterocycles. The second-order valence-electron chi connectivity index (χ2n) is 7.11. The van der Waals surface area contributed by atoms with Gasteiger partial charge in [0.2, 0.25) is 11.8 Å². The minimum atomic E-state index is -0.0893. The molecule has 0 spiro atoms. The Morgan fingerprint density at radius 1 is 1.24 bits per heavy atom. The minimum absolute atomic E-state index is 0.0527. The van der Waals surface area contributed by atoms with E-state index in [-0.39, 0.29) is 36.4 Å². The van der Waals surface area contributed by atoms with Crippen LogP contribution in [0.3, 0.4) is 0 Å². The van der Waals surface area contributed by atoms with Crippen LogP contribution >= 0.6 is 0 Å². The monoisotopic (exact) mass is 295 g/mol. The molecule has 3 N–H and O–H groups in total. The number of hydrogen-bond donors (Lipinski definition) is 2. The number of nitrogens with zero attached hydrogens (tertiary/aromatic N) is 1. The number of rotatable bonds is 4. The first-order valence-electron chi connectivity index (χ1n) is 8.18. The number of carbonyl (C=O) groups is 2. The second-order valence-corrected chi connectivity index (χ2v) is 7.11. The van der Waals surface area contributed by atoms with Gasteiger partial charge in [-0.15, -0.1) is 0 Å². The lowest BCUT2D eigenvalue weighted by Crippen LogP contribution is -2.50.